The van der Waals surface area contributed by atoms with Gasteiger partial charge in [-0.05, 0) is 79.8 Å². The van der Waals surface area contributed by atoms with Crippen molar-refractivity contribution in [1.82, 2.24) is 0 Å². The van der Waals surface area contributed by atoms with E-state index in [1.54, 1.807) is 24.3 Å². The van der Waals surface area contributed by atoms with Gasteiger partial charge in [0, 0.05) is 17.0 Å². The number of sulfonamides is 1. The highest BCUT2D eigenvalue weighted by Gasteiger charge is 2.37. The summed E-state index contributed by atoms with van der Waals surface area (Å²) in [7, 11) is -4.90. The molecule has 0 bridgehead atoms. The number of anilines is 2. The second-order valence-electron chi connectivity index (χ2n) is 9.08. The highest BCUT2D eigenvalue weighted by Crippen LogP contribution is 2.47. The zero-order chi connectivity index (χ0) is 25.7. The van der Waals surface area contributed by atoms with Crippen LogP contribution in [0.5, 0.6) is 5.75 Å². The molecule has 0 saturated carbocycles. The van der Waals surface area contributed by atoms with Crippen LogP contribution in [0.2, 0.25) is 0 Å². The predicted octanol–water partition coefficient (Wildman–Crippen LogP) is 5.31. The Morgan fingerprint density at radius 1 is 1.08 bits per heavy atom. The Labute approximate surface area is 211 Å². The van der Waals surface area contributed by atoms with Crippen molar-refractivity contribution in [3.8, 4) is 5.75 Å². The number of aryl methyl sites for hydroxylation is 2. The van der Waals surface area contributed by atoms with E-state index in [2.05, 4.69) is 14.4 Å². The van der Waals surface area contributed by atoms with Gasteiger partial charge in [0.1, 0.15) is 10.6 Å². The maximum atomic E-state index is 13.3. The summed E-state index contributed by atoms with van der Waals surface area (Å²) < 4.78 is 52.0. The lowest BCUT2D eigenvalue weighted by Gasteiger charge is -2.16. The molecule has 3 aromatic carbocycles. The maximum absolute atomic E-state index is 13.3. The first-order chi connectivity index (χ1) is 17.1. The number of para-hydroxylation sites is 1. The lowest BCUT2D eigenvalue weighted by molar-refractivity contribution is 0.102. The van der Waals surface area contributed by atoms with Gasteiger partial charge in [-0.15, -0.1) is 0 Å². The lowest BCUT2D eigenvalue weighted by Crippen LogP contribution is -2.17. The van der Waals surface area contributed by atoms with Gasteiger partial charge in [-0.2, -0.15) is 4.36 Å². The molecule has 2 aliphatic rings. The number of fused-ring (bicyclic) bond motifs is 3. The number of amides is 1. The molecular weight excluding hydrogens is 498 g/mol. The van der Waals surface area contributed by atoms with E-state index in [0.717, 1.165) is 29.5 Å². The highest BCUT2D eigenvalue weighted by molar-refractivity contribution is 7.94. The Morgan fingerprint density at radius 2 is 1.83 bits per heavy atom. The van der Waals surface area contributed by atoms with Gasteiger partial charge in [0.15, 0.2) is 0 Å². The van der Waals surface area contributed by atoms with Crippen LogP contribution in [-0.2, 0) is 19.8 Å². The largest absolute Gasteiger partial charge is 0.495 e. The number of nitrogens with zero attached hydrogens (tertiary/aromatic N) is 1. The van der Waals surface area contributed by atoms with E-state index in [9.17, 15) is 17.4 Å². The van der Waals surface area contributed by atoms with Crippen LogP contribution < -0.4 is 14.8 Å². The summed E-state index contributed by atoms with van der Waals surface area (Å²) in [6.45, 7) is 3.65. The molecule has 0 radical (unpaired) electrons. The summed E-state index contributed by atoms with van der Waals surface area (Å²) in [4.78, 5) is 13.0. The molecule has 3 aromatic rings. The molecule has 2 heterocycles. The number of rotatable bonds is 6. The molecule has 10 heteroatoms. The van der Waals surface area contributed by atoms with Crippen molar-refractivity contribution >= 4 is 42.7 Å². The molecule has 1 fully saturated rings. The number of methoxy groups -OCH3 is 1. The van der Waals surface area contributed by atoms with Gasteiger partial charge in [0.2, 0.25) is 0 Å². The first-order valence-corrected chi connectivity index (χ1v) is 14.8. The fraction of sp³-hybridized carbons (Fsp3) is 0.269. The summed E-state index contributed by atoms with van der Waals surface area (Å²) in [5, 5.41) is 2.65. The molecule has 188 valence electrons. The molecule has 0 aromatic heterocycles. The number of benzene rings is 3. The minimum atomic E-state index is -4.02. The molecule has 1 amide bonds. The fourth-order valence-corrected chi connectivity index (χ4v) is 8.90. The third kappa shape index (κ3) is 4.24. The standard InChI is InChI=1S/C26H27N3O5S2/c1-16-6-4-7-17(2)25(16)29-36(32,33)24-15-19(10-12-22(24)34-3)27-26(30)18-9-11-21-20(14-18)23-8-5-13-35(23,31)28-21/h4,6-7,9-12,14-15,23,29H,5,8,13H2,1-3H3,(H,27,30). The SMILES string of the molecule is COc1ccc(NC(=O)c2ccc3c(c2)C2CCCS2(=O)=N3)cc1S(=O)(=O)Nc1c(C)cccc1C. The molecule has 2 unspecified atom stereocenters. The van der Waals surface area contributed by atoms with Crippen LogP contribution in [0.15, 0.2) is 63.9 Å². The van der Waals surface area contributed by atoms with Crippen LogP contribution >= 0.6 is 0 Å². The zero-order valence-electron chi connectivity index (χ0n) is 20.2. The van der Waals surface area contributed by atoms with Crippen molar-refractivity contribution in [3.63, 3.8) is 0 Å². The molecule has 2 aliphatic heterocycles. The Bertz CT molecular complexity index is 1600. The molecule has 2 N–H and O–H groups in total. The number of nitrogens with one attached hydrogen (secondary N) is 2. The molecule has 1 saturated heterocycles. The number of carbonyl (C=O) groups is 1. The van der Waals surface area contributed by atoms with Crippen molar-refractivity contribution in [2.24, 2.45) is 4.36 Å². The Morgan fingerprint density at radius 3 is 2.56 bits per heavy atom. The highest BCUT2D eigenvalue weighted by atomic mass is 32.2. The lowest BCUT2D eigenvalue weighted by atomic mass is 10.0. The number of carbonyl (C=O) groups excluding carboxylic acids is 1. The Hall–Kier alpha value is -3.37. The van der Waals surface area contributed by atoms with Crippen LogP contribution in [0.25, 0.3) is 0 Å². The van der Waals surface area contributed by atoms with Crippen molar-refractivity contribution < 1.29 is 22.2 Å². The third-order valence-electron chi connectivity index (χ3n) is 6.67. The first kappa shape index (κ1) is 24.3. The van der Waals surface area contributed by atoms with Gasteiger partial charge in [-0.25, -0.2) is 12.6 Å². The van der Waals surface area contributed by atoms with Crippen LogP contribution in [0, 0.1) is 13.8 Å². The minimum absolute atomic E-state index is 0.0936. The minimum Gasteiger partial charge on any atom is -0.495 e. The van der Waals surface area contributed by atoms with Crippen LogP contribution in [0.3, 0.4) is 0 Å². The topological polar surface area (TPSA) is 114 Å². The average Bonchev–Trinajstić information content (AvgIpc) is 3.34. The first-order valence-electron chi connectivity index (χ1n) is 11.6. The van der Waals surface area contributed by atoms with E-state index in [1.165, 1.54) is 19.2 Å². The number of hydrogen-bond acceptors (Lipinski definition) is 6. The van der Waals surface area contributed by atoms with E-state index < -0.39 is 25.7 Å². The Balaban J connectivity index is 1.42. The molecule has 5 rings (SSSR count). The van der Waals surface area contributed by atoms with Gasteiger partial charge in [0.25, 0.3) is 15.9 Å². The van der Waals surface area contributed by atoms with Gasteiger partial charge < -0.3 is 10.1 Å². The number of hydrogen-bond donors (Lipinski definition) is 2. The second kappa shape index (κ2) is 8.94. The van der Waals surface area contributed by atoms with Gasteiger partial charge >= 0.3 is 0 Å². The van der Waals surface area contributed by atoms with E-state index in [-0.39, 0.29) is 15.9 Å². The van der Waals surface area contributed by atoms with Crippen LogP contribution in [0.4, 0.5) is 17.1 Å². The zero-order valence-corrected chi connectivity index (χ0v) is 21.8. The summed E-state index contributed by atoms with van der Waals surface area (Å²) in [6.07, 6.45) is 1.66. The van der Waals surface area contributed by atoms with E-state index in [0.29, 0.717) is 28.4 Å². The quantitative estimate of drug-likeness (QED) is 0.453. The summed E-state index contributed by atoms with van der Waals surface area (Å²) in [6, 6.07) is 15.1. The van der Waals surface area contributed by atoms with Crippen molar-refractivity contribution in [3.05, 3.63) is 76.9 Å². The molecule has 0 aliphatic carbocycles. The molecule has 36 heavy (non-hydrogen) atoms. The van der Waals surface area contributed by atoms with Crippen molar-refractivity contribution in [2.75, 3.05) is 22.9 Å². The monoisotopic (exact) mass is 525 g/mol. The fourth-order valence-electron chi connectivity index (χ4n) is 4.80. The average molecular weight is 526 g/mol. The molecule has 0 spiro atoms. The summed E-state index contributed by atoms with van der Waals surface area (Å²) in [5.74, 6) is 0.347. The van der Waals surface area contributed by atoms with Crippen molar-refractivity contribution in [2.45, 2.75) is 36.8 Å². The van der Waals surface area contributed by atoms with Crippen LogP contribution in [0.1, 0.15) is 45.1 Å². The summed E-state index contributed by atoms with van der Waals surface area (Å²) in [5.41, 5.74) is 4.32. The smallest absolute Gasteiger partial charge is 0.265 e. The Kier molecular flexibility index (Phi) is 6.04. The van der Waals surface area contributed by atoms with E-state index in [1.807, 2.05) is 32.0 Å². The predicted molar refractivity (Wildman–Crippen MR) is 141 cm³/mol. The van der Waals surface area contributed by atoms with Crippen molar-refractivity contribution in [1.29, 1.82) is 0 Å². The third-order valence-corrected chi connectivity index (χ3v) is 10.8. The molecule has 8 nitrogen and oxygen atoms in total. The van der Waals surface area contributed by atoms with Gasteiger partial charge in [-0.1, -0.05) is 18.2 Å². The van der Waals surface area contributed by atoms with E-state index >= 15 is 0 Å². The maximum Gasteiger partial charge on any atom is 0.265 e. The van der Waals surface area contributed by atoms with Crippen LogP contribution in [-0.4, -0.2) is 31.4 Å². The second-order valence-corrected chi connectivity index (χ2v) is 13.3. The summed E-state index contributed by atoms with van der Waals surface area (Å²) >= 11 is 0. The van der Waals surface area contributed by atoms with Gasteiger partial charge in [0.05, 0.1) is 33.5 Å². The molecule has 2 atom stereocenters. The van der Waals surface area contributed by atoms with Gasteiger partial charge in [-0.3, -0.25) is 9.52 Å². The molecular formula is C26H27N3O5S2. The normalized spacial score (nSPS) is 20.2. The number of ether oxygens (including phenoxy) is 1. The van der Waals surface area contributed by atoms with E-state index in [4.69, 9.17) is 4.74 Å².